The molecule has 0 fully saturated rings. The molecule has 1 unspecified atom stereocenters. The Hall–Kier alpha value is -2.68. The molecule has 0 aliphatic carbocycles. The van der Waals surface area contributed by atoms with Gasteiger partial charge in [0, 0.05) is 6.04 Å². The van der Waals surface area contributed by atoms with Gasteiger partial charge in [-0.2, -0.15) is 0 Å². The van der Waals surface area contributed by atoms with Gasteiger partial charge in [0.2, 0.25) is 0 Å². The summed E-state index contributed by atoms with van der Waals surface area (Å²) in [7, 11) is 2.05. The Morgan fingerprint density at radius 3 is 2.29 bits per heavy atom. The Balaban J connectivity index is 0. The van der Waals surface area contributed by atoms with Crippen molar-refractivity contribution in [3.63, 3.8) is 0 Å². The predicted octanol–water partition coefficient (Wildman–Crippen LogP) is 5.92. The number of ether oxygens (including phenoxy) is 1. The third-order valence-electron chi connectivity index (χ3n) is 3.67. The van der Waals surface area contributed by atoms with Crippen molar-refractivity contribution in [2.75, 3.05) is 20.2 Å². The molecule has 0 aromatic heterocycles. The van der Waals surface area contributed by atoms with Crippen LogP contribution >= 0.6 is 0 Å². The SMILES string of the molecule is C#CC.C#CCN(C)C(C)Cc1ccc(OCC(/C=C\C)=C/C=C)cc1.CC. The van der Waals surface area contributed by atoms with Crippen molar-refractivity contribution in [2.45, 2.75) is 47.1 Å². The fourth-order valence-electron chi connectivity index (χ4n) is 2.20. The van der Waals surface area contributed by atoms with Crippen LogP contribution in [0.2, 0.25) is 0 Å². The highest BCUT2D eigenvalue weighted by Crippen LogP contribution is 2.15. The zero-order valence-electron chi connectivity index (χ0n) is 18.5. The molecule has 0 saturated carbocycles. The summed E-state index contributed by atoms with van der Waals surface area (Å²) in [6.07, 6.45) is 18.7. The molecule has 0 aliphatic heterocycles. The van der Waals surface area contributed by atoms with Gasteiger partial charge in [-0.25, -0.2) is 0 Å². The Morgan fingerprint density at radius 1 is 1.25 bits per heavy atom. The molecule has 0 amide bonds. The van der Waals surface area contributed by atoms with Crippen molar-refractivity contribution < 1.29 is 4.74 Å². The molecule has 0 N–H and O–H groups in total. The van der Waals surface area contributed by atoms with Crippen molar-refractivity contribution in [2.24, 2.45) is 0 Å². The lowest BCUT2D eigenvalue weighted by Gasteiger charge is -2.22. The highest BCUT2D eigenvalue weighted by molar-refractivity contribution is 5.30. The zero-order chi connectivity index (χ0) is 21.8. The van der Waals surface area contributed by atoms with Crippen molar-refractivity contribution in [3.05, 3.63) is 66.3 Å². The minimum atomic E-state index is 0.412. The van der Waals surface area contributed by atoms with Crippen LogP contribution in [-0.2, 0) is 6.42 Å². The number of likely N-dealkylation sites (N-methyl/N-ethyl adjacent to an activating group) is 1. The molecule has 1 rings (SSSR count). The van der Waals surface area contributed by atoms with Crippen LogP contribution in [0.15, 0.2) is 60.7 Å². The predicted molar refractivity (Wildman–Crippen MR) is 126 cm³/mol. The summed E-state index contributed by atoms with van der Waals surface area (Å²) >= 11 is 0. The zero-order valence-corrected chi connectivity index (χ0v) is 18.5. The van der Waals surface area contributed by atoms with Gasteiger partial charge < -0.3 is 4.74 Å². The van der Waals surface area contributed by atoms with Gasteiger partial charge in [0.15, 0.2) is 0 Å². The molecule has 1 atom stereocenters. The second-order valence-corrected chi connectivity index (χ2v) is 5.87. The second-order valence-electron chi connectivity index (χ2n) is 5.87. The summed E-state index contributed by atoms with van der Waals surface area (Å²) < 4.78 is 5.81. The van der Waals surface area contributed by atoms with Gasteiger partial charge in [0.25, 0.3) is 0 Å². The Morgan fingerprint density at radius 2 is 1.82 bits per heavy atom. The Labute approximate surface area is 174 Å². The number of allylic oxidation sites excluding steroid dienone is 3. The van der Waals surface area contributed by atoms with E-state index >= 15 is 0 Å². The molecule has 28 heavy (non-hydrogen) atoms. The first-order valence-electron chi connectivity index (χ1n) is 9.69. The molecule has 0 heterocycles. The largest absolute Gasteiger partial charge is 0.489 e. The fourth-order valence-corrected chi connectivity index (χ4v) is 2.20. The van der Waals surface area contributed by atoms with E-state index in [0.717, 1.165) is 17.7 Å². The molecular weight excluding hydrogens is 342 g/mol. The van der Waals surface area contributed by atoms with Crippen molar-refractivity contribution in [1.29, 1.82) is 0 Å². The van der Waals surface area contributed by atoms with Gasteiger partial charge in [0.1, 0.15) is 12.4 Å². The van der Waals surface area contributed by atoms with Gasteiger partial charge in [-0.15, -0.1) is 18.8 Å². The molecular formula is C26H37NO. The number of terminal acetylenes is 2. The van der Waals surface area contributed by atoms with Gasteiger partial charge in [-0.05, 0) is 57.5 Å². The van der Waals surface area contributed by atoms with Crippen LogP contribution in [0, 0.1) is 24.7 Å². The quantitative estimate of drug-likeness (QED) is 0.390. The number of benzene rings is 1. The number of hydrogen-bond acceptors (Lipinski definition) is 2. The van der Waals surface area contributed by atoms with Crippen LogP contribution in [0.4, 0.5) is 0 Å². The summed E-state index contributed by atoms with van der Waals surface area (Å²) in [6.45, 7) is 14.8. The fraction of sp³-hybridized carbons (Fsp3) is 0.385. The summed E-state index contributed by atoms with van der Waals surface area (Å²) in [6, 6.07) is 8.67. The highest BCUT2D eigenvalue weighted by Gasteiger charge is 2.08. The summed E-state index contributed by atoms with van der Waals surface area (Å²) in [4.78, 5) is 2.17. The minimum Gasteiger partial charge on any atom is -0.489 e. The molecule has 0 saturated heterocycles. The third-order valence-corrected chi connectivity index (χ3v) is 3.67. The van der Waals surface area contributed by atoms with Crippen LogP contribution in [-0.4, -0.2) is 31.1 Å². The molecule has 0 bridgehead atoms. The van der Waals surface area contributed by atoms with E-state index in [-0.39, 0.29) is 0 Å². The standard InChI is InChI=1S/C21H27NO.C3H4.C2H6/c1-6-9-20(10-7-2)17-23-21-13-11-19(12-14-21)16-18(4)22(5)15-8-3;1-3-2;1-2/h3,6-7,9-14,18H,1,15-17H2,2,4-5H3;1H,2H3;1-2H3/b10-7-,20-9+;;. The molecule has 1 aromatic rings. The average Bonchev–Trinajstić information content (AvgIpc) is 2.70. The van der Waals surface area contributed by atoms with E-state index in [1.165, 1.54) is 5.56 Å². The van der Waals surface area contributed by atoms with Crippen molar-refractivity contribution >= 4 is 0 Å². The van der Waals surface area contributed by atoms with E-state index in [1.807, 2.05) is 51.1 Å². The van der Waals surface area contributed by atoms with E-state index in [4.69, 9.17) is 11.2 Å². The molecule has 2 nitrogen and oxygen atoms in total. The van der Waals surface area contributed by atoms with Crippen LogP contribution in [0.3, 0.4) is 0 Å². The first-order chi connectivity index (χ1) is 13.5. The minimum absolute atomic E-state index is 0.412. The lowest BCUT2D eigenvalue weighted by atomic mass is 10.1. The molecule has 1 aromatic carbocycles. The lowest BCUT2D eigenvalue weighted by Crippen LogP contribution is -2.31. The monoisotopic (exact) mass is 379 g/mol. The first kappa shape index (κ1) is 27.5. The Kier molecular flexibility index (Phi) is 18.8. The van der Waals surface area contributed by atoms with E-state index in [0.29, 0.717) is 19.2 Å². The van der Waals surface area contributed by atoms with E-state index < -0.39 is 0 Å². The van der Waals surface area contributed by atoms with E-state index in [9.17, 15) is 0 Å². The molecule has 2 heteroatoms. The van der Waals surface area contributed by atoms with Gasteiger partial charge in [-0.1, -0.05) is 62.8 Å². The molecule has 0 radical (unpaired) electrons. The first-order valence-corrected chi connectivity index (χ1v) is 9.69. The summed E-state index contributed by atoms with van der Waals surface area (Å²) in [5.74, 6) is 5.80. The van der Waals surface area contributed by atoms with Gasteiger partial charge in [-0.3, -0.25) is 4.90 Å². The maximum Gasteiger partial charge on any atom is 0.119 e. The van der Waals surface area contributed by atoms with Gasteiger partial charge in [0.05, 0.1) is 6.54 Å². The van der Waals surface area contributed by atoms with Crippen molar-refractivity contribution in [1.82, 2.24) is 4.90 Å². The topological polar surface area (TPSA) is 12.5 Å². The Bertz CT molecular complexity index is 653. The van der Waals surface area contributed by atoms with Crippen LogP contribution < -0.4 is 4.74 Å². The number of hydrogen-bond donors (Lipinski definition) is 0. The molecule has 0 spiro atoms. The van der Waals surface area contributed by atoms with Gasteiger partial charge >= 0.3 is 0 Å². The van der Waals surface area contributed by atoms with E-state index in [2.05, 4.69) is 55.8 Å². The van der Waals surface area contributed by atoms with Crippen molar-refractivity contribution in [3.8, 4) is 30.4 Å². The van der Waals surface area contributed by atoms with Crippen LogP contribution in [0.25, 0.3) is 0 Å². The second kappa shape index (κ2) is 19.1. The third kappa shape index (κ3) is 13.5. The van der Waals surface area contributed by atoms with Crippen LogP contribution in [0.5, 0.6) is 5.75 Å². The van der Waals surface area contributed by atoms with E-state index in [1.54, 1.807) is 13.0 Å². The molecule has 0 aliphatic rings. The normalized spacial score (nSPS) is 11.2. The summed E-state index contributed by atoms with van der Waals surface area (Å²) in [5.41, 5.74) is 2.38. The smallest absolute Gasteiger partial charge is 0.119 e. The summed E-state index contributed by atoms with van der Waals surface area (Å²) in [5, 5.41) is 0. The average molecular weight is 380 g/mol. The maximum absolute atomic E-state index is 5.81. The highest BCUT2D eigenvalue weighted by atomic mass is 16.5. The maximum atomic E-state index is 5.81. The molecule has 152 valence electrons. The number of nitrogens with zero attached hydrogens (tertiary/aromatic N) is 1. The lowest BCUT2D eigenvalue weighted by molar-refractivity contribution is 0.287. The number of rotatable bonds is 9. The van der Waals surface area contributed by atoms with Crippen LogP contribution in [0.1, 0.15) is 40.2 Å².